The van der Waals surface area contributed by atoms with E-state index in [0.29, 0.717) is 36.7 Å². The van der Waals surface area contributed by atoms with Gasteiger partial charge in [0.1, 0.15) is 6.61 Å². The van der Waals surface area contributed by atoms with Gasteiger partial charge in [-0.2, -0.15) is 9.97 Å². The molecule has 2 aromatic carbocycles. The van der Waals surface area contributed by atoms with Gasteiger partial charge in [0.2, 0.25) is 0 Å². The molecular formula is C30H36BrN5O. The summed E-state index contributed by atoms with van der Waals surface area (Å²) in [5, 5.41) is 6.35. The first-order chi connectivity index (χ1) is 18.1. The molecule has 1 N–H and O–H groups in total. The smallest absolute Gasteiger partial charge is 0.316 e. The second kappa shape index (κ2) is 9.83. The number of likely N-dealkylation sites (N-methyl/N-ethyl adjacent to an activating group) is 1. The number of halogens is 1. The molecule has 3 atom stereocenters. The number of aromatic nitrogens is 2. The van der Waals surface area contributed by atoms with Crippen LogP contribution >= 0.6 is 15.9 Å². The fourth-order valence-electron chi connectivity index (χ4n) is 7.22. The maximum Gasteiger partial charge on any atom is 0.316 e. The SMILES string of the molecule is CN1CCC[C@H]1COc1nc2c(c(C3CC4CCC(C3)N4)n1)CCN(c1cccc3cccc(Br)c13)C2. The molecule has 0 radical (unpaired) electrons. The molecule has 194 valence electrons. The summed E-state index contributed by atoms with van der Waals surface area (Å²) in [6.07, 6.45) is 8.39. The van der Waals surface area contributed by atoms with Crippen molar-refractivity contribution in [2.75, 3.05) is 31.6 Å². The Bertz CT molecular complexity index is 1300. The van der Waals surface area contributed by atoms with Gasteiger partial charge >= 0.3 is 6.01 Å². The van der Waals surface area contributed by atoms with Gasteiger partial charge in [0.25, 0.3) is 0 Å². The summed E-state index contributed by atoms with van der Waals surface area (Å²) in [5.41, 5.74) is 5.08. The average molecular weight is 563 g/mol. The highest BCUT2D eigenvalue weighted by Crippen LogP contribution is 2.41. The van der Waals surface area contributed by atoms with E-state index in [1.165, 1.54) is 66.2 Å². The Kier molecular flexibility index (Phi) is 6.34. The first-order valence-corrected chi connectivity index (χ1v) is 14.8. The monoisotopic (exact) mass is 561 g/mol. The molecule has 4 aliphatic heterocycles. The minimum atomic E-state index is 0.460. The lowest BCUT2D eigenvalue weighted by atomic mass is 9.85. The van der Waals surface area contributed by atoms with E-state index in [-0.39, 0.29) is 0 Å². The van der Waals surface area contributed by atoms with Gasteiger partial charge in [0, 0.05) is 46.1 Å². The molecule has 0 aliphatic carbocycles. The molecule has 3 saturated heterocycles. The number of ether oxygens (including phenoxy) is 1. The van der Waals surface area contributed by atoms with E-state index in [1.54, 1.807) is 0 Å². The number of likely N-dealkylation sites (tertiary alicyclic amines) is 1. The van der Waals surface area contributed by atoms with E-state index < -0.39 is 0 Å². The molecule has 0 saturated carbocycles. The van der Waals surface area contributed by atoms with Gasteiger partial charge in [-0.25, -0.2) is 0 Å². The van der Waals surface area contributed by atoms with Crippen LogP contribution in [-0.2, 0) is 13.0 Å². The van der Waals surface area contributed by atoms with Crippen molar-refractivity contribution in [1.29, 1.82) is 0 Å². The Morgan fingerprint density at radius 3 is 2.62 bits per heavy atom. The number of hydrogen-bond acceptors (Lipinski definition) is 6. The predicted octanol–water partition coefficient (Wildman–Crippen LogP) is 5.43. The van der Waals surface area contributed by atoms with Gasteiger partial charge in [-0.3, -0.25) is 0 Å². The van der Waals surface area contributed by atoms with Crippen molar-refractivity contribution < 1.29 is 4.74 Å². The molecule has 3 aromatic rings. The molecule has 6 nitrogen and oxygen atoms in total. The van der Waals surface area contributed by atoms with Crippen LogP contribution in [0.15, 0.2) is 40.9 Å². The lowest BCUT2D eigenvalue weighted by Crippen LogP contribution is -2.39. The summed E-state index contributed by atoms with van der Waals surface area (Å²) in [7, 11) is 2.20. The Morgan fingerprint density at radius 2 is 1.84 bits per heavy atom. The van der Waals surface area contributed by atoms with Crippen LogP contribution in [0.2, 0.25) is 0 Å². The van der Waals surface area contributed by atoms with E-state index in [4.69, 9.17) is 14.7 Å². The van der Waals surface area contributed by atoms with Crippen LogP contribution in [0.25, 0.3) is 10.8 Å². The number of piperidine rings is 1. The number of nitrogens with one attached hydrogen (secondary N) is 1. The minimum absolute atomic E-state index is 0.460. The van der Waals surface area contributed by atoms with E-state index in [0.717, 1.165) is 36.2 Å². The number of nitrogens with zero attached hydrogens (tertiary/aromatic N) is 4. The maximum atomic E-state index is 6.35. The van der Waals surface area contributed by atoms with Crippen LogP contribution < -0.4 is 15.0 Å². The van der Waals surface area contributed by atoms with Gasteiger partial charge in [-0.05, 0) is 81.6 Å². The zero-order valence-corrected chi connectivity index (χ0v) is 23.2. The van der Waals surface area contributed by atoms with Crippen LogP contribution in [0.3, 0.4) is 0 Å². The number of fused-ring (bicyclic) bond motifs is 4. The molecule has 5 heterocycles. The molecule has 4 aliphatic rings. The molecule has 2 bridgehead atoms. The summed E-state index contributed by atoms with van der Waals surface area (Å²) in [6.45, 7) is 3.60. The highest BCUT2D eigenvalue weighted by molar-refractivity contribution is 9.10. The minimum Gasteiger partial charge on any atom is -0.462 e. The van der Waals surface area contributed by atoms with Gasteiger partial charge in [0.05, 0.1) is 17.9 Å². The fraction of sp³-hybridized carbons (Fsp3) is 0.533. The molecule has 3 fully saturated rings. The lowest BCUT2D eigenvalue weighted by Gasteiger charge is -2.35. The highest BCUT2D eigenvalue weighted by atomic mass is 79.9. The topological polar surface area (TPSA) is 53.5 Å². The van der Waals surface area contributed by atoms with Crippen molar-refractivity contribution in [3.63, 3.8) is 0 Å². The summed E-state index contributed by atoms with van der Waals surface area (Å²) >= 11 is 3.81. The van der Waals surface area contributed by atoms with Gasteiger partial charge in [-0.15, -0.1) is 0 Å². The Morgan fingerprint density at radius 1 is 1.03 bits per heavy atom. The van der Waals surface area contributed by atoms with E-state index >= 15 is 0 Å². The molecular weight excluding hydrogens is 526 g/mol. The number of anilines is 1. The van der Waals surface area contributed by atoms with Crippen LogP contribution in [0.5, 0.6) is 6.01 Å². The molecule has 37 heavy (non-hydrogen) atoms. The molecule has 0 spiro atoms. The first-order valence-electron chi connectivity index (χ1n) is 14.0. The quantitative estimate of drug-likeness (QED) is 0.448. The van der Waals surface area contributed by atoms with Gasteiger partial charge < -0.3 is 19.9 Å². The number of hydrogen-bond donors (Lipinski definition) is 1. The second-order valence-electron chi connectivity index (χ2n) is 11.5. The number of rotatable bonds is 5. The van der Waals surface area contributed by atoms with E-state index in [9.17, 15) is 0 Å². The van der Waals surface area contributed by atoms with Crippen molar-refractivity contribution in [3.05, 3.63) is 57.8 Å². The van der Waals surface area contributed by atoms with E-state index in [1.807, 2.05) is 0 Å². The standard InChI is InChI=1S/C30H36BrN5O/c1-35-13-4-7-23(35)18-37-30-33-26-17-36(27-9-3-6-19-5-2-8-25(31)28(19)27)14-12-24(26)29(34-30)20-15-21-10-11-22(16-20)32-21/h2-3,5-6,8-9,20-23,32H,4,7,10-18H2,1H3/t20?,21?,22?,23-/m0/s1. The summed E-state index contributed by atoms with van der Waals surface area (Å²) < 4.78 is 7.50. The normalized spacial score (nSPS) is 27.6. The van der Waals surface area contributed by atoms with Crippen LogP contribution in [0.1, 0.15) is 61.4 Å². The highest BCUT2D eigenvalue weighted by Gasteiger charge is 2.37. The van der Waals surface area contributed by atoms with Crippen molar-refractivity contribution in [3.8, 4) is 6.01 Å². The van der Waals surface area contributed by atoms with E-state index in [2.05, 4.69) is 74.5 Å². The van der Waals surface area contributed by atoms with Crippen molar-refractivity contribution >= 4 is 32.4 Å². The molecule has 7 heteroatoms. The Balaban J connectivity index is 1.23. The fourth-order valence-corrected chi connectivity index (χ4v) is 7.81. The summed E-state index contributed by atoms with van der Waals surface area (Å²) in [6, 6.07) is 15.4. The third-order valence-corrected chi connectivity index (χ3v) is 9.85. The lowest BCUT2D eigenvalue weighted by molar-refractivity contribution is 0.186. The van der Waals surface area contributed by atoms with Crippen LogP contribution in [0.4, 0.5) is 5.69 Å². The summed E-state index contributed by atoms with van der Waals surface area (Å²) in [5.74, 6) is 0.505. The Labute approximate surface area is 227 Å². The zero-order chi connectivity index (χ0) is 24.9. The van der Waals surface area contributed by atoms with Crippen LogP contribution in [-0.4, -0.2) is 59.7 Å². The third-order valence-electron chi connectivity index (χ3n) is 9.19. The van der Waals surface area contributed by atoms with Crippen LogP contribution in [0, 0.1) is 0 Å². The summed E-state index contributed by atoms with van der Waals surface area (Å²) in [4.78, 5) is 15.1. The first kappa shape index (κ1) is 23.9. The molecule has 7 rings (SSSR count). The van der Waals surface area contributed by atoms with Crippen molar-refractivity contribution in [1.82, 2.24) is 20.2 Å². The second-order valence-corrected chi connectivity index (χ2v) is 12.4. The van der Waals surface area contributed by atoms with Gasteiger partial charge in [0.15, 0.2) is 0 Å². The zero-order valence-electron chi connectivity index (χ0n) is 21.6. The molecule has 0 amide bonds. The molecule has 1 aromatic heterocycles. The average Bonchev–Trinajstić information content (AvgIpc) is 3.49. The van der Waals surface area contributed by atoms with Crippen molar-refractivity contribution in [2.24, 2.45) is 0 Å². The molecule has 2 unspecified atom stereocenters. The number of benzene rings is 2. The van der Waals surface area contributed by atoms with Crippen molar-refractivity contribution in [2.45, 2.75) is 75.5 Å². The Hall–Kier alpha value is -2.22. The van der Waals surface area contributed by atoms with Gasteiger partial charge in [-0.1, -0.05) is 40.2 Å². The largest absolute Gasteiger partial charge is 0.462 e. The maximum absolute atomic E-state index is 6.35. The predicted molar refractivity (Wildman–Crippen MR) is 152 cm³/mol. The third kappa shape index (κ3) is 4.53.